The lowest BCUT2D eigenvalue weighted by Crippen LogP contribution is -2.45. The molecule has 0 saturated carbocycles. The standard InChI is InChI=1S/C18H20ClN3O5S/c1-11(18(24)21-14-6-4-5-12(9-14)17(20)23)22(28(3,25)26)15-10-13(19)7-8-16(15)27-2/h4-11H,1-3H3,(H2,20,23)(H,21,24). The van der Waals surface area contributed by atoms with Gasteiger partial charge in [-0.2, -0.15) is 0 Å². The van der Waals surface area contributed by atoms with Crippen molar-refractivity contribution in [1.82, 2.24) is 0 Å². The molecular formula is C18H20ClN3O5S. The second-order valence-electron chi connectivity index (χ2n) is 5.99. The van der Waals surface area contributed by atoms with E-state index < -0.39 is 27.9 Å². The molecule has 0 saturated heterocycles. The predicted octanol–water partition coefficient (Wildman–Crippen LogP) is 2.24. The molecule has 0 spiro atoms. The highest BCUT2D eigenvalue weighted by Crippen LogP contribution is 2.34. The van der Waals surface area contributed by atoms with E-state index in [0.29, 0.717) is 5.69 Å². The fourth-order valence-corrected chi connectivity index (χ4v) is 3.95. The number of amides is 2. The number of primary amides is 1. The molecule has 0 radical (unpaired) electrons. The number of anilines is 2. The number of benzene rings is 2. The van der Waals surface area contributed by atoms with Crippen LogP contribution in [0.15, 0.2) is 42.5 Å². The molecule has 0 fully saturated rings. The maximum atomic E-state index is 12.7. The maximum absolute atomic E-state index is 12.7. The Morgan fingerprint density at radius 1 is 1.21 bits per heavy atom. The Morgan fingerprint density at radius 2 is 1.89 bits per heavy atom. The number of hydrogen-bond acceptors (Lipinski definition) is 5. The fourth-order valence-electron chi connectivity index (χ4n) is 2.61. The Morgan fingerprint density at radius 3 is 2.46 bits per heavy atom. The molecule has 150 valence electrons. The Labute approximate surface area is 168 Å². The molecule has 2 aromatic carbocycles. The van der Waals surface area contributed by atoms with Gasteiger partial charge in [0, 0.05) is 16.3 Å². The van der Waals surface area contributed by atoms with E-state index >= 15 is 0 Å². The highest BCUT2D eigenvalue weighted by atomic mass is 35.5. The van der Waals surface area contributed by atoms with Gasteiger partial charge in [0.05, 0.1) is 19.1 Å². The highest BCUT2D eigenvalue weighted by molar-refractivity contribution is 7.92. The Kier molecular flexibility index (Phi) is 6.52. The molecule has 0 aromatic heterocycles. The van der Waals surface area contributed by atoms with Crippen molar-refractivity contribution in [3.05, 3.63) is 53.1 Å². The number of halogens is 1. The van der Waals surface area contributed by atoms with Crippen molar-refractivity contribution >= 4 is 44.8 Å². The quantitative estimate of drug-likeness (QED) is 0.705. The Balaban J connectivity index is 2.40. The number of ether oxygens (including phenoxy) is 1. The van der Waals surface area contributed by atoms with Crippen LogP contribution < -0.4 is 20.1 Å². The van der Waals surface area contributed by atoms with Gasteiger partial charge in [-0.25, -0.2) is 8.42 Å². The molecule has 28 heavy (non-hydrogen) atoms. The molecule has 0 heterocycles. The van der Waals surface area contributed by atoms with Crippen LogP contribution in [-0.2, 0) is 14.8 Å². The van der Waals surface area contributed by atoms with E-state index in [1.165, 1.54) is 38.3 Å². The molecule has 0 aliphatic rings. The van der Waals surface area contributed by atoms with Gasteiger partial charge in [-0.15, -0.1) is 0 Å². The number of nitrogens with one attached hydrogen (secondary N) is 1. The third-order valence-electron chi connectivity index (χ3n) is 3.88. The van der Waals surface area contributed by atoms with E-state index in [-0.39, 0.29) is 22.0 Å². The molecule has 8 nitrogen and oxygen atoms in total. The van der Waals surface area contributed by atoms with E-state index in [0.717, 1.165) is 10.6 Å². The summed E-state index contributed by atoms with van der Waals surface area (Å²) in [6.45, 7) is 1.43. The van der Waals surface area contributed by atoms with Crippen molar-refractivity contribution in [2.45, 2.75) is 13.0 Å². The summed E-state index contributed by atoms with van der Waals surface area (Å²) in [6, 6.07) is 9.33. The number of carbonyl (C=O) groups is 2. The lowest BCUT2D eigenvalue weighted by Gasteiger charge is -2.29. The predicted molar refractivity (Wildman–Crippen MR) is 108 cm³/mol. The van der Waals surface area contributed by atoms with Gasteiger partial charge < -0.3 is 15.8 Å². The number of nitrogens with zero attached hydrogens (tertiary/aromatic N) is 1. The number of rotatable bonds is 7. The summed E-state index contributed by atoms with van der Waals surface area (Å²) >= 11 is 6.01. The SMILES string of the molecule is COc1ccc(Cl)cc1N(C(C)C(=O)Nc1cccc(C(N)=O)c1)S(C)(=O)=O. The van der Waals surface area contributed by atoms with Crippen molar-refractivity contribution in [2.24, 2.45) is 5.73 Å². The summed E-state index contributed by atoms with van der Waals surface area (Å²) in [5, 5.41) is 2.87. The minimum absolute atomic E-state index is 0.131. The summed E-state index contributed by atoms with van der Waals surface area (Å²) in [7, 11) is -2.48. The number of sulfonamides is 1. The maximum Gasteiger partial charge on any atom is 0.248 e. The Bertz CT molecular complexity index is 1010. The van der Waals surface area contributed by atoms with Crippen molar-refractivity contribution < 1.29 is 22.7 Å². The smallest absolute Gasteiger partial charge is 0.248 e. The van der Waals surface area contributed by atoms with Crippen LogP contribution in [0.25, 0.3) is 0 Å². The van der Waals surface area contributed by atoms with Gasteiger partial charge in [-0.1, -0.05) is 17.7 Å². The first kappa shape index (κ1) is 21.5. The fraction of sp³-hybridized carbons (Fsp3) is 0.222. The first-order chi connectivity index (χ1) is 13.0. The van der Waals surface area contributed by atoms with Crippen molar-refractivity contribution in [3.63, 3.8) is 0 Å². The number of nitrogens with two attached hydrogens (primary N) is 1. The van der Waals surface area contributed by atoms with Crippen LogP contribution in [0.4, 0.5) is 11.4 Å². The second kappa shape index (κ2) is 8.49. The molecule has 1 atom stereocenters. The summed E-state index contributed by atoms with van der Waals surface area (Å²) in [4.78, 5) is 24.0. The highest BCUT2D eigenvalue weighted by Gasteiger charge is 2.31. The van der Waals surface area contributed by atoms with Gasteiger partial charge in [-0.3, -0.25) is 13.9 Å². The molecule has 2 rings (SSSR count). The van der Waals surface area contributed by atoms with Crippen LogP contribution in [0.1, 0.15) is 17.3 Å². The molecule has 1 unspecified atom stereocenters. The Hall–Kier alpha value is -2.78. The van der Waals surface area contributed by atoms with E-state index in [1.807, 2.05) is 0 Å². The minimum Gasteiger partial charge on any atom is -0.495 e. The average Bonchev–Trinajstić information content (AvgIpc) is 2.61. The van der Waals surface area contributed by atoms with Gasteiger partial charge in [0.15, 0.2) is 0 Å². The van der Waals surface area contributed by atoms with E-state index in [2.05, 4.69) is 5.32 Å². The van der Waals surface area contributed by atoms with Gasteiger partial charge in [0.25, 0.3) is 0 Å². The van der Waals surface area contributed by atoms with Crippen molar-refractivity contribution in [1.29, 1.82) is 0 Å². The van der Waals surface area contributed by atoms with Crippen molar-refractivity contribution in [3.8, 4) is 5.75 Å². The third kappa shape index (κ3) is 4.93. The molecule has 0 aliphatic carbocycles. The van der Waals surface area contributed by atoms with Crippen LogP contribution in [0.5, 0.6) is 5.75 Å². The molecule has 2 amide bonds. The largest absolute Gasteiger partial charge is 0.495 e. The summed E-state index contributed by atoms with van der Waals surface area (Å²) in [5.41, 5.74) is 5.88. The van der Waals surface area contributed by atoms with E-state index in [1.54, 1.807) is 18.2 Å². The topological polar surface area (TPSA) is 119 Å². The lowest BCUT2D eigenvalue weighted by atomic mass is 10.2. The average molecular weight is 426 g/mol. The van der Waals surface area contributed by atoms with Gasteiger partial charge in [0.2, 0.25) is 21.8 Å². The molecule has 2 aromatic rings. The number of hydrogen-bond donors (Lipinski definition) is 2. The second-order valence-corrected chi connectivity index (χ2v) is 8.28. The zero-order valence-corrected chi connectivity index (χ0v) is 17.0. The van der Waals surface area contributed by atoms with Crippen LogP contribution in [0.2, 0.25) is 5.02 Å². The van der Waals surface area contributed by atoms with E-state index in [4.69, 9.17) is 22.1 Å². The zero-order chi connectivity index (χ0) is 21.1. The molecule has 3 N–H and O–H groups in total. The van der Waals surface area contributed by atoms with Crippen LogP contribution >= 0.6 is 11.6 Å². The lowest BCUT2D eigenvalue weighted by molar-refractivity contribution is -0.116. The van der Waals surface area contributed by atoms with Gasteiger partial charge in [0.1, 0.15) is 11.8 Å². The van der Waals surface area contributed by atoms with Crippen LogP contribution in [0.3, 0.4) is 0 Å². The van der Waals surface area contributed by atoms with Crippen LogP contribution in [0, 0.1) is 0 Å². The molecule has 0 bridgehead atoms. The van der Waals surface area contributed by atoms with Crippen molar-refractivity contribution in [2.75, 3.05) is 23.0 Å². The third-order valence-corrected chi connectivity index (χ3v) is 5.34. The summed E-state index contributed by atoms with van der Waals surface area (Å²) < 4.78 is 31.0. The molecular weight excluding hydrogens is 406 g/mol. The van der Waals surface area contributed by atoms with E-state index in [9.17, 15) is 18.0 Å². The van der Waals surface area contributed by atoms with Gasteiger partial charge in [-0.05, 0) is 43.3 Å². The molecule has 0 aliphatic heterocycles. The zero-order valence-electron chi connectivity index (χ0n) is 15.5. The van der Waals surface area contributed by atoms with Crippen LogP contribution in [-0.4, -0.2) is 39.6 Å². The number of methoxy groups -OCH3 is 1. The first-order valence-corrected chi connectivity index (χ1v) is 10.3. The first-order valence-electron chi connectivity index (χ1n) is 8.08. The summed E-state index contributed by atoms with van der Waals surface area (Å²) in [5.74, 6) is -1.02. The normalized spacial score (nSPS) is 12.1. The minimum atomic E-state index is -3.87. The number of carbonyl (C=O) groups excluding carboxylic acids is 2. The van der Waals surface area contributed by atoms with Gasteiger partial charge >= 0.3 is 0 Å². The molecule has 10 heteroatoms. The monoisotopic (exact) mass is 425 g/mol. The summed E-state index contributed by atoms with van der Waals surface area (Å²) in [6.07, 6.45) is 0.977.